The first-order chi connectivity index (χ1) is 15.9. The van der Waals surface area contributed by atoms with E-state index in [0.29, 0.717) is 25.4 Å². The molecule has 2 amide bonds. The molecule has 1 spiro atoms. The number of piperidine rings is 1. The van der Waals surface area contributed by atoms with Crippen LogP contribution in [0.3, 0.4) is 0 Å². The van der Waals surface area contributed by atoms with Gasteiger partial charge in [-0.3, -0.25) is 14.6 Å². The molecule has 11 heteroatoms. The topological polar surface area (TPSA) is 104 Å². The third kappa shape index (κ3) is 5.75. The number of carboxylic acid groups (broad SMARTS) is 1. The molecule has 4 heterocycles. The summed E-state index contributed by atoms with van der Waals surface area (Å²) in [6.07, 6.45) is -2.61. The number of alkyl halides is 3. The number of pyridine rings is 1. The van der Waals surface area contributed by atoms with Gasteiger partial charge >= 0.3 is 12.1 Å². The van der Waals surface area contributed by atoms with Gasteiger partial charge in [-0.05, 0) is 57.4 Å². The average Bonchev–Trinajstić information content (AvgIpc) is 3.32. The Morgan fingerprint density at radius 2 is 1.85 bits per heavy atom. The Labute approximate surface area is 194 Å². The number of rotatable bonds is 3. The van der Waals surface area contributed by atoms with Gasteiger partial charge in [0, 0.05) is 25.3 Å². The molecule has 1 atom stereocenters. The van der Waals surface area contributed by atoms with E-state index in [0.717, 1.165) is 43.0 Å². The molecule has 1 unspecified atom stereocenters. The van der Waals surface area contributed by atoms with Crippen LogP contribution in [0, 0.1) is 19.3 Å². The number of aliphatic carboxylic acids is 1. The Morgan fingerprint density at radius 3 is 2.44 bits per heavy atom. The molecule has 0 radical (unpaired) electrons. The lowest BCUT2D eigenvalue weighted by atomic mass is 9.78. The van der Waals surface area contributed by atoms with E-state index in [1.165, 1.54) is 0 Å². The highest BCUT2D eigenvalue weighted by atomic mass is 19.4. The van der Waals surface area contributed by atoms with Crippen LogP contribution in [0.2, 0.25) is 0 Å². The van der Waals surface area contributed by atoms with Crippen LogP contribution >= 0.6 is 0 Å². The van der Waals surface area contributed by atoms with Crippen molar-refractivity contribution < 1.29 is 37.1 Å². The molecule has 2 saturated heterocycles. The van der Waals surface area contributed by atoms with Crippen LogP contribution in [-0.2, 0) is 16.1 Å². The molecule has 8 nitrogen and oxygen atoms in total. The molecule has 1 N–H and O–H groups in total. The van der Waals surface area contributed by atoms with E-state index in [9.17, 15) is 22.8 Å². The lowest BCUT2D eigenvalue weighted by Gasteiger charge is -2.38. The molecule has 0 saturated carbocycles. The van der Waals surface area contributed by atoms with Crippen LogP contribution in [0.1, 0.15) is 47.0 Å². The fourth-order valence-electron chi connectivity index (χ4n) is 4.32. The van der Waals surface area contributed by atoms with E-state index in [-0.39, 0.29) is 11.8 Å². The summed E-state index contributed by atoms with van der Waals surface area (Å²) in [5.74, 6) is -1.64. The van der Waals surface area contributed by atoms with Crippen LogP contribution in [0.5, 0.6) is 0 Å². The Hall–Kier alpha value is -3.37. The average molecular weight is 481 g/mol. The number of carbonyl (C=O) groups is 3. The smallest absolute Gasteiger partial charge is 0.475 e. The molecule has 0 aromatic carbocycles. The van der Waals surface area contributed by atoms with Crippen LogP contribution in [-0.4, -0.2) is 63.5 Å². The Balaban J connectivity index is 0.000000406. The van der Waals surface area contributed by atoms with Gasteiger partial charge < -0.3 is 19.3 Å². The normalized spacial score (nSPS) is 20.3. The van der Waals surface area contributed by atoms with Crippen molar-refractivity contribution in [2.75, 3.05) is 19.6 Å². The van der Waals surface area contributed by atoms with E-state index < -0.39 is 17.6 Å². The van der Waals surface area contributed by atoms with E-state index in [1.807, 2.05) is 36.9 Å². The minimum absolute atomic E-state index is 0.117. The molecule has 2 aliphatic heterocycles. The van der Waals surface area contributed by atoms with Gasteiger partial charge in [0.15, 0.2) is 5.76 Å². The monoisotopic (exact) mass is 481 g/mol. The Bertz CT molecular complexity index is 1070. The van der Waals surface area contributed by atoms with E-state index >= 15 is 0 Å². The molecule has 2 aromatic rings. The second kappa shape index (κ2) is 9.86. The number of halogens is 3. The van der Waals surface area contributed by atoms with Crippen molar-refractivity contribution in [2.45, 2.75) is 45.8 Å². The van der Waals surface area contributed by atoms with Gasteiger partial charge in [-0.25, -0.2) is 4.79 Å². The zero-order valence-corrected chi connectivity index (χ0v) is 18.9. The summed E-state index contributed by atoms with van der Waals surface area (Å²) in [6, 6.07) is 9.40. The first kappa shape index (κ1) is 25.3. The van der Waals surface area contributed by atoms with Gasteiger partial charge in [0.1, 0.15) is 5.76 Å². The summed E-state index contributed by atoms with van der Waals surface area (Å²) in [7, 11) is 0. The fraction of sp³-hybridized carbons (Fsp3) is 0.478. The number of aryl methyl sites for hydroxylation is 2. The third-order valence-electron chi connectivity index (χ3n) is 5.96. The van der Waals surface area contributed by atoms with Gasteiger partial charge in [0.25, 0.3) is 5.91 Å². The predicted octanol–water partition coefficient (Wildman–Crippen LogP) is 3.58. The van der Waals surface area contributed by atoms with Crippen molar-refractivity contribution in [3.63, 3.8) is 0 Å². The standard InChI is InChI=1S/C21H25N3O3.C2HF3O2/c1-15-5-3-6-17(22-15)13-23-12-10-21(20(23)26)9-4-11-24(14-21)19(25)18-8-7-16(2)27-18;3-2(4,5)1(6)7/h3,5-8H,4,9-14H2,1-2H3;(H,6,7). The van der Waals surface area contributed by atoms with Gasteiger partial charge in [0.2, 0.25) is 5.91 Å². The number of furan rings is 1. The van der Waals surface area contributed by atoms with Crippen LogP contribution in [0.25, 0.3) is 0 Å². The molecule has 184 valence electrons. The van der Waals surface area contributed by atoms with Crippen LogP contribution < -0.4 is 0 Å². The van der Waals surface area contributed by atoms with Crippen molar-refractivity contribution in [1.29, 1.82) is 0 Å². The number of hydrogen-bond donors (Lipinski definition) is 1. The molecule has 2 fully saturated rings. The molecular weight excluding hydrogens is 455 g/mol. The number of carbonyl (C=O) groups excluding carboxylic acids is 2. The molecule has 2 aliphatic rings. The molecular formula is C23H26F3N3O5. The third-order valence-corrected chi connectivity index (χ3v) is 5.96. The van der Waals surface area contributed by atoms with Gasteiger partial charge in [0.05, 0.1) is 17.7 Å². The minimum Gasteiger partial charge on any atom is -0.475 e. The fourth-order valence-corrected chi connectivity index (χ4v) is 4.32. The largest absolute Gasteiger partial charge is 0.490 e. The lowest BCUT2D eigenvalue weighted by Crippen LogP contribution is -2.49. The number of aromatic nitrogens is 1. The Kier molecular flexibility index (Phi) is 7.32. The SMILES string of the molecule is Cc1cccc(CN2CCC3(CCCN(C(=O)c4ccc(C)o4)C3)C2=O)n1.O=C(O)C(F)(F)F. The van der Waals surface area contributed by atoms with E-state index in [2.05, 4.69) is 4.98 Å². The molecule has 34 heavy (non-hydrogen) atoms. The molecule has 0 aliphatic carbocycles. The van der Waals surface area contributed by atoms with Gasteiger partial charge in [-0.1, -0.05) is 6.07 Å². The van der Waals surface area contributed by atoms with Crippen LogP contribution in [0.15, 0.2) is 34.7 Å². The maximum Gasteiger partial charge on any atom is 0.490 e. The Morgan fingerprint density at radius 1 is 1.15 bits per heavy atom. The minimum atomic E-state index is -5.08. The summed E-state index contributed by atoms with van der Waals surface area (Å²) in [6.45, 7) is 6.18. The predicted molar refractivity (Wildman–Crippen MR) is 114 cm³/mol. The van der Waals surface area contributed by atoms with Crippen molar-refractivity contribution in [1.82, 2.24) is 14.8 Å². The number of hydrogen-bond acceptors (Lipinski definition) is 5. The number of amides is 2. The quantitative estimate of drug-likeness (QED) is 0.719. The summed E-state index contributed by atoms with van der Waals surface area (Å²) in [4.78, 5) is 43.1. The summed E-state index contributed by atoms with van der Waals surface area (Å²) < 4.78 is 37.2. The van der Waals surface area contributed by atoms with Crippen molar-refractivity contribution in [3.8, 4) is 0 Å². The van der Waals surface area contributed by atoms with Gasteiger partial charge in [-0.2, -0.15) is 13.2 Å². The second-order valence-electron chi connectivity index (χ2n) is 8.57. The van der Waals surface area contributed by atoms with Crippen molar-refractivity contribution in [2.24, 2.45) is 5.41 Å². The van der Waals surface area contributed by atoms with E-state index in [1.54, 1.807) is 17.0 Å². The first-order valence-corrected chi connectivity index (χ1v) is 10.8. The first-order valence-electron chi connectivity index (χ1n) is 10.8. The zero-order chi connectivity index (χ0) is 25.1. The molecule has 2 aromatic heterocycles. The van der Waals surface area contributed by atoms with E-state index in [4.69, 9.17) is 14.3 Å². The van der Waals surface area contributed by atoms with Gasteiger partial charge in [-0.15, -0.1) is 0 Å². The van der Waals surface area contributed by atoms with Crippen molar-refractivity contribution >= 4 is 17.8 Å². The number of likely N-dealkylation sites (tertiary alicyclic amines) is 2. The molecule has 0 bridgehead atoms. The maximum atomic E-state index is 13.2. The highest BCUT2D eigenvalue weighted by Crippen LogP contribution is 2.41. The lowest BCUT2D eigenvalue weighted by molar-refractivity contribution is -0.192. The molecule has 4 rings (SSSR count). The summed E-state index contributed by atoms with van der Waals surface area (Å²) >= 11 is 0. The highest BCUT2D eigenvalue weighted by molar-refractivity contribution is 5.93. The summed E-state index contributed by atoms with van der Waals surface area (Å²) in [5.41, 5.74) is 1.41. The van der Waals surface area contributed by atoms with Crippen molar-refractivity contribution in [3.05, 3.63) is 53.2 Å². The summed E-state index contributed by atoms with van der Waals surface area (Å²) in [5, 5.41) is 7.12. The van der Waals surface area contributed by atoms with Crippen LogP contribution in [0.4, 0.5) is 13.2 Å². The second-order valence-corrected chi connectivity index (χ2v) is 8.57. The maximum absolute atomic E-state index is 13.2. The zero-order valence-electron chi connectivity index (χ0n) is 18.9. The highest BCUT2D eigenvalue weighted by Gasteiger charge is 2.49. The number of carboxylic acids is 1. The number of nitrogens with zero attached hydrogens (tertiary/aromatic N) is 3.